The number of aryl methyl sites for hydroxylation is 2. The van der Waals surface area contributed by atoms with E-state index in [1.807, 2.05) is 26.0 Å². The predicted octanol–water partition coefficient (Wildman–Crippen LogP) is 1.71. The molecule has 0 aliphatic rings. The maximum absolute atomic E-state index is 11.0. The Morgan fingerprint density at radius 1 is 1.50 bits per heavy atom. The zero-order valence-corrected chi connectivity index (χ0v) is 9.89. The van der Waals surface area contributed by atoms with Gasteiger partial charge in [-0.2, -0.15) is 0 Å². The molecular weight excluding hydrogens is 244 g/mol. The quantitative estimate of drug-likeness (QED) is 0.837. The summed E-state index contributed by atoms with van der Waals surface area (Å²) in [6.07, 6.45) is 0. The SMILES string of the molecule is Cc1ccc(CNC(=O)CBr)nc1C. The molecule has 0 radical (unpaired) electrons. The fourth-order valence-electron chi connectivity index (χ4n) is 1.02. The molecule has 0 fully saturated rings. The van der Waals surface area contributed by atoms with Gasteiger partial charge in [-0.25, -0.2) is 0 Å². The van der Waals surface area contributed by atoms with E-state index in [4.69, 9.17) is 0 Å². The van der Waals surface area contributed by atoms with Crippen LogP contribution in [0.4, 0.5) is 0 Å². The van der Waals surface area contributed by atoms with Crippen LogP contribution >= 0.6 is 15.9 Å². The summed E-state index contributed by atoms with van der Waals surface area (Å²) >= 11 is 3.08. The summed E-state index contributed by atoms with van der Waals surface area (Å²) in [6, 6.07) is 3.94. The first kappa shape index (κ1) is 11.2. The highest BCUT2D eigenvalue weighted by molar-refractivity contribution is 9.09. The monoisotopic (exact) mass is 256 g/mol. The molecule has 1 aromatic rings. The van der Waals surface area contributed by atoms with Gasteiger partial charge in [0.05, 0.1) is 17.6 Å². The van der Waals surface area contributed by atoms with Crippen molar-refractivity contribution in [2.24, 2.45) is 0 Å². The minimum Gasteiger partial charge on any atom is -0.350 e. The van der Waals surface area contributed by atoms with Crippen molar-refractivity contribution in [3.63, 3.8) is 0 Å². The average molecular weight is 257 g/mol. The van der Waals surface area contributed by atoms with E-state index in [0.29, 0.717) is 11.9 Å². The van der Waals surface area contributed by atoms with Crippen LogP contribution in [0.3, 0.4) is 0 Å². The van der Waals surface area contributed by atoms with Crippen LogP contribution in [0.15, 0.2) is 12.1 Å². The van der Waals surface area contributed by atoms with Crippen molar-refractivity contribution >= 4 is 21.8 Å². The molecule has 0 aliphatic carbocycles. The molecule has 1 rings (SSSR count). The lowest BCUT2D eigenvalue weighted by molar-refractivity contribution is -0.118. The molecule has 4 heteroatoms. The molecule has 0 aromatic carbocycles. The zero-order valence-electron chi connectivity index (χ0n) is 8.30. The molecule has 76 valence electrons. The van der Waals surface area contributed by atoms with Gasteiger partial charge >= 0.3 is 0 Å². The van der Waals surface area contributed by atoms with Crippen molar-refractivity contribution in [1.82, 2.24) is 10.3 Å². The summed E-state index contributed by atoms with van der Waals surface area (Å²) in [7, 11) is 0. The average Bonchev–Trinajstić information content (AvgIpc) is 2.19. The van der Waals surface area contributed by atoms with Gasteiger partial charge in [-0.15, -0.1) is 0 Å². The molecule has 0 bridgehead atoms. The lowest BCUT2D eigenvalue weighted by atomic mass is 10.2. The van der Waals surface area contributed by atoms with E-state index in [1.165, 1.54) is 5.56 Å². The van der Waals surface area contributed by atoms with Crippen LogP contribution < -0.4 is 5.32 Å². The number of hydrogen-bond acceptors (Lipinski definition) is 2. The molecule has 1 heterocycles. The van der Waals surface area contributed by atoms with Crippen molar-refractivity contribution in [2.45, 2.75) is 20.4 Å². The predicted molar refractivity (Wildman–Crippen MR) is 59.4 cm³/mol. The van der Waals surface area contributed by atoms with E-state index in [0.717, 1.165) is 11.4 Å². The Kier molecular flexibility index (Phi) is 4.07. The minimum atomic E-state index is -0.0231. The molecule has 1 amide bonds. The van der Waals surface area contributed by atoms with Crippen LogP contribution in [-0.2, 0) is 11.3 Å². The van der Waals surface area contributed by atoms with Crippen LogP contribution in [0.1, 0.15) is 17.0 Å². The van der Waals surface area contributed by atoms with Gasteiger partial charge in [-0.1, -0.05) is 22.0 Å². The Morgan fingerprint density at radius 3 is 2.79 bits per heavy atom. The Labute approximate surface area is 92.1 Å². The molecule has 0 unspecified atom stereocenters. The highest BCUT2D eigenvalue weighted by atomic mass is 79.9. The Balaban J connectivity index is 2.60. The third-order valence-electron chi connectivity index (χ3n) is 2.00. The smallest absolute Gasteiger partial charge is 0.230 e. The number of halogens is 1. The summed E-state index contributed by atoms with van der Waals surface area (Å²) in [4.78, 5) is 15.3. The number of nitrogens with zero attached hydrogens (tertiary/aromatic N) is 1. The van der Waals surface area contributed by atoms with Crippen LogP contribution in [0.2, 0.25) is 0 Å². The fraction of sp³-hybridized carbons (Fsp3) is 0.400. The number of amides is 1. The van der Waals surface area contributed by atoms with Crippen LogP contribution in [-0.4, -0.2) is 16.2 Å². The highest BCUT2D eigenvalue weighted by Gasteiger charge is 2.00. The number of aromatic nitrogens is 1. The molecule has 0 atom stereocenters. The van der Waals surface area contributed by atoms with Gasteiger partial charge in [0.2, 0.25) is 5.91 Å². The van der Waals surface area contributed by atoms with Gasteiger partial charge in [0.1, 0.15) is 0 Å². The number of pyridine rings is 1. The molecule has 14 heavy (non-hydrogen) atoms. The van der Waals surface area contributed by atoms with E-state index >= 15 is 0 Å². The van der Waals surface area contributed by atoms with Gasteiger partial charge in [0, 0.05) is 5.69 Å². The number of rotatable bonds is 3. The van der Waals surface area contributed by atoms with Gasteiger partial charge < -0.3 is 5.32 Å². The molecule has 0 spiro atoms. The van der Waals surface area contributed by atoms with Crippen molar-refractivity contribution in [3.05, 3.63) is 29.1 Å². The van der Waals surface area contributed by atoms with Gasteiger partial charge in [0.15, 0.2) is 0 Å². The second-order valence-electron chi connectivity index (χ2n) is 3.12. The Hall–Kier alpha value is -0.900. The maximum atomic E-state index is 11.0. The summed E-state index contributed by atoms with van der Waals surface area (Å²) in [6.45, 7) is 4.47. The second-order valence-corrected chi connectivity index (χ2v) is 3.68. The number of alkyl halides is 1. The highest BCUT2D eigenvalue weighted by Crippen LogP contribution is 2.04. The first-order valence-electron chi connectivity index (χ1n) is 4.39. The minimum absolute atomic E-state index is 0.0231. The van der Waals surface area contributed by atoms with Gasteiger partial charge in [-0.3, -0.25) is 9.78 Å². The Bertz CT molecular complexity index is 339. The molecule has 0 saturated heterocycles. The number of carbonyl (C=O) groups excluding carboxylic acids is 1. The van der Waals surface area contributed by atoms with Crippen molar-refractivity contribution in [1.29, 1.82) is 0 Å². The fourth-order valence-corrected chi connectivity index (χ4v) is 1.22. The van der Waals surface area contributed by atoms with Crippen LogP contribution in [0, 0.1) is 13.8 Å². The number of nitrogens with one attached hydrogen (secondary N) is 1. The lowest BCUT2D eigenvalue weighted by Gasteiger charge is -2.05. The van der Waals surface area contributed by atoms with E-state index in [9.17, 15) is 4.79 Å². The van der Waals surface area contributed by atoms with E-state index < -0.39 is 0 Å². The second kappa shape index (κ2) is 5.10. The van der Waals surface area contributed by atoms with Gasteiger partial charge in [-0.05, 0) is 25.5 Å². The molecule has 0 saturated carbocycles. The van der Waals surface area contributed by atoms with Crippen molar-refractivity contribution in [3.8, 4) is 0 Å². The first-order chi connectivity index (χ1) is 6.63. The molecule has 1 aromatic heterocycles. The number of hydrogen-bond donors (Lipinski definition) is 1. The molecule has 1 N–H and O–H groups in total. The van der Waals surface area contributed by atoms with Crippen LogP contribution in [0.5, 0.6) is 0 Å². The summed E-state index contributed by atoms with van der Waals surface area (Å²) in [5.41, 5.74) is 3.07. The largest absolute Gasteiger partial charge is 0.350 e. The third kappa shape index (κ3) is 3.10. The normalized spacial score (nSPS) is 9.93. The van der Waals surface area contributed by atoms with E-state index in [2.05, 4.69) is 26.2 Å². The van der Waals surface area contributed by atoms with E-state index in [-0.39, 0.29) is 5.91 Å². The van der Waals surface area contributed by atoms with Gasteiger partial charge in [0.25, 0.3) is 0 Å². The molecule has 0 aliphatic heterocycles. The standard InChI is InChI=1S/C10H13BrN2O/c1-7-3-4-9(13-8(7)2)6-12-10(14)5-11/h3-4H,5-6H2,1-2H3,(H,12,14). The third-order valence-corrected chi connectivity index (χ3v) is 2.51. The summed E-state index contributed by atoms with van der Waals surface area (Å²) < 4.78 is 0. The summed E-state index contributed by atoms with van der Waals surface area (Å²) in [5, 5.41) is 3.08. The van der Waals surface area contributed by atoms with E-state index in [1.54, 1.807) is 0 Å². The first-order valence-corrected chi connectivity index (χ1v) is 5.51. The molecular formula is C10H13BrN2O. The summed E-state index contributed by atoms with van der Waals surface area (Å²) in [5.74, 6) is -0.0231. The molecule has 3 nitrogen and oxygen atoms in total. The number of carbonyl (C=O) groups is 1. The van der Waals surface area contributed by atoms with Crippen molar-refractivity contribution < 1.29 is 4.79 Å². The lowest BCUT2D eigenvalue weighted by Crippen LogP contribution is -2.24. The van der Waals surface area contributed by atoms with Crippen LogP contribution in [0.25, 0.3) is 0 Å². The topological polar surface area (TPSA) is 42.0 Å². The van der Waals surface area contributed by atoms with Crippen molar-refractivity contribution in [2.75, 3.05) is 5.33 Å². The maximum Gasteiger partial charge on any atom is 0.230 e. The zero-order chi connectivity index (χ0) is 10.6. The Morgan fingerprint density at radius 2 is 2.21 bits per heavy atom.